The van der Waals surface area contributed by atoms with E-state index >= 15 is 4.39 Å². The third-order valence-corrected chi connectivity index (χ3v) is 9.51. The number of aryl methyl sites for hydroxylation is 3. The highest BCUT2D eigenvalue weighted by Crippen LogP contribution is 2.39. The Morgan fingerprint density at radius 2 is 1.73 bits per heavy atom. The van der Waals surface area contributed by atoms with Crippen LogP contribution in [0.3, 0.4) is 0 Å². The van der Waals surface area contributed by atoms with Gasteiger partial charge in [0.2, 0.25) is 5.91 Å². The predicted molar refractivity (Wildman–Crippen MR) is 179 cm³/mol. The van der Waals surface area contributed by atoms with Crippen LogP contribution in [-0.4, -0.2) is 52.3 Å². The third-order valence-electron chi connectivity index (χ3n) is 9.51. The number of pyridine rings is 1. The standard InChI is InChI=1S/C38H36F5N3O5/c1-20-7-8-23-12-27(20)36(46-16-24(9-10-45-17-26(39)18-45)29(14-32(46)47)38(41,42)43)37(50)44-30(15-33(48)49)28-13-25(11-22(3)35(28)40)34-21(2)5-4-6-31(34)51-19-23/h4-8,11-14,16,26,30,36H,9-10,15,17-19H2,1-3H3,(H,44,50)(H,48,49)/t30-,36-/m0/s1. The fraction of sp³-hybridized carbons (Fsp3) is 0.342. The number of hydrogen-bond acceptors (Lipinski definition) is 5. The number of likely N-dealkylation sites (tertiary alicyclic amines) is 1. The highest BCUT2D eigenvalue weighted by molar-refractivity contribution is 5.85. The van der Waals surface area contributed by atoms with Gasteiger partial charge in [-0.25, -0.2) is 8.78 Å². The highest BCUT2D eigenvalue weighted by Gasteiger charge is 2.37. The lowest BCUT2D eigenvalue weighted by Gasteiger charge is -2.34. The average Bonchev–Trinajstić information content (AvgIpc) is 3.03. The van der Waals surface area contributed by atoms with Gasteiger partial charge in [0.15, 0.2) is 0 Å². The molecule has 8 nitrogen and oxygen atoms in total. The molecule has 1 saturated heterocycles. The summed E-state index contributed by atoms with van der Waals surface area (Å²) in [5, 5.41) is 12.5. The van der Waals surface area contributed by atoms with Gasteiger partial charge in [-0.1, -0.05) is 24.3 Å². The molecule has 51 heavy (non-hydrogen) atoms. The summed E-state index contributed by atoms with van der Waals surface area (Å²) < 4.78 is 79.3. The first-order chi connectivity index (χ1) is 24.1. The highest BCUT2D eigenvalue weighted by atomic mass is 19.4. The van der Waals surface area contributed by atoms with E-state index in [1.807, 2.05) is 13.0 Å². The number of rotatable bonds is 6. The number of halogens is 5. The van der Waals surface area contributed by atoms with Crippen molar-refractivity contribution in [1.82, 2.24) is 14.8 Å². The Morgan fingerprint density at radius 1 is 0.980 bits per heavy atom. The third kappa shape index (κ3) is 7.39. The molecule has 6 rings (SSSR count). The molecule has 1 aromatic heterocycles. The van der Waals surface area contributed by atoms with E-state index < -0.39 is 59.7 Å². The first-order valence-electron chi connectivity index (χ1n) is 16.4. The van der Waals surface area contributed by atoms with Crippen LogP contribution >= 0.6 is 0 Å². The van der Waals surface area contributed by atoms with E-state index in [0.717, 1.165) is 16.3 Å². The summed E-state index contributed by atoms with van der Waals surface area (Å²) in [6, 6.07) is 10.9. The van der Waals surface area contributed by atoms with Gasteiger partial charge in [-0.15, -0.1) is 0 Å². The van der Waals surface area contributed by atoms with E-state index in [4.69, 9.17) is 4.74 Å². The van der Waals surface area contributed by atoms with Gasteiger partial charge in [0.25, 0.3) is 5.56 Å². The minimum atomic E-state index is -4.90. The molecule has 0 saturated carbocycles. The van der Waals surface area contributed by atoms with Crippen LogP contribution in [0.15, 0.2) is 65.6 Å². The van der Waals surface area contributed by atoms with E-state index in [2.05, 4.69) is 5.32 Å². The van der Waals surface area contributed by atoms with Crippen molar-refractivity contribution in [2.24, 2.45) is 0 Å². The maximum atomic E-state index is 16.0. The number of benzene rings is 3. The summed E-state index contributed by atoms with van der Waals surface area (Å²) >= 11 is 0. The Bertz CT molecular complexity index is 2070. The van der Waals surface area contributed by atoms with E-state index in [9.17, 15) is 37.1 Å². The van der Waals surface area contributed by atoms with Crippen molar-refractivity contribution in [3.63, 3.8) is 0 Å². The Balaban J connectivity index is 1.56. The van der Waals surface area contributed by atoms with Crippen molar-refractivity contribution >= 4 is 11.9 Å². The van der Waals surface area contributed by atoms with E-state index in [0.29, 0.717) is 34.1 Å². The van der Waals surface area contributed by atoms with Crippen molar-refractivity contribution < 1.29 is 41.4 Å². The molecule has 0 radical (unpaired) electrons. The lowest BCUT2D eigenvalue weighted by atomic mass is 9.91. The number of aliphatic carboxylic acids is 1. The average molecular weight is 710 g/mol. The number of carboxylic acid groups (broad SMARTS) is 1. The number of fused-ring (bicyclic) bond motifs is 6. The molecule has 2 aliphatic heterocycles. The number of nitrogens with zero attached hydrogens (tertiary/aromatic N) is 2. The monoisotopic (exact) mass is 709 g/mol. The van der Waals surface area contributed by atoms with E-state index in [1.54, 1.807) is 48.2 Å². The zero-order valence-corrected chi connectivity index (χ0v) is 28.1. The Labute approximate surface area is 290 Å². The van der Waals surface area contributed by atoms with Crippen LogP contribution in [0.5, 0.6) is 5.75 Å². The number of carbonyl (C=O) groups excluding carboxylic acids is 1. The Hall–Kier alpha value is -5.04. The van der Waals surface area contributed by atoms with Crippen LogP contribution in [0.4, 0.5) is 22.0 Å². The van der Waals surface area contributed by atoms with Crippen molar-refractivity contribution in [3.8, 4) is 16.9 Å². The summed E-state index contributed by atoms with van der Waals surface area (Å²) in [6.07, 6.45) is -5.91. The van der Waals surface area contributed by atoms with Crippen LogP contribution in [0, 0.1) is 26.6 Å². The second-order valence-corrected chi connectivity index (χ2v) is 13.2. The smallest absolute Gasteiger partial charge is 0.416 e. The van der Waals surface area contributed by atoms with Gasteiger partial charge in [-0.3, -0.25) is 23.9 Å². The van der Waals surface area contributed by atoms with Gasteiger partial charge in [0.05, 0.1) is 18.0 Å². The number of amides is 1. The van der Waals surface area contributed by atoms with Gasteiger partial charge in [0, 0.05) is 43.0 Å². The lowest BCUT2D eigenvalue weighted by molar-refractivity contribution is -0.139. The topological polar surface area (TPSA) is 101 Å². The summed E-state index contributed by atoms with van der Waals surface area (Å²) in [7, 11) is 0. The first kappa shape index (κ1) is 35.8. The van der Waals surface area contributed by atoms with Crippen molar-refractivity contribution in [1.29, 1.82) is 0 Å². The fourth-order valence-electron chi connectivity index (χ4n) is 6.87. The van der Waals surface area contributed by atoms with Crippen molar-refractivity contribution in [2.75, 3.05) is 19.6 Å². The minimum Gasteiger partial charge on any atom is -0.488 e. The molecule has 13 heteroatoms. The number of carboxylic acids is 1. The molecule has 4 bridgehead atoms. The van der Waals surface area contributed by atoms with Gasteiger partial charge in [-0.2, -0.15) is 13.2 Å². The largest absolute Gasteiger partial charge is 0.488 e. The molecular formula is C38H36F5N3O5. The number of nitrogens with one attached hydrogen (secondary N) is 1. The van der Waals surface area contributed by atoms with Crippen LogP contribution < -0.4 is 15.6 Å². The van der Waals surface area contributed by atoms with Gasteiger partial charge in [0.1, 0.15) is 30.4 Å². The maximum absolute atomic E-state index is 16.0. The number of alkyl halides is 4. The zero-order chi connectivity index (χ0) is 36.8. The van der Waals surface area contributed by atoms with Gasteiger partial charge in [-0.05, 0) is 90.4 Å². The quantitative estimate of drug-likeness (QED) is 0.219. The van der Waals surface area contributed by atoms with Crippen LogP contribution in [0.25, 0.3) is 11.1 Å². The number of carbonyl (C=O) groups is 2. The van der Waals surface area contributed by atoms with Gasteiger partial charge < -0.3 is 15.2 Å². The molecule has 4 aromatic rings. The molecule has 0 unspecified atom stereocenters. The second kappa shape index (κ2) is 13.9. The molecular weight excluding hydrogens is 673 g/mol. The summed E-state index contributed by atoms with van der Waals surface area (Å²) in [4.78, 5) is 41.9. The summed E-state index contributed by atoms with van der Waals surface area (Å²) in [5.74, 6) is -2.58. The molecule has 268 valence electrons. The Morgan fingerprint density at radius 3 is 2.41 bits per heavy atom. The van der Waals surface area contributed by atoms with Crippen molar-refractivity contribution in [2.45, 2.75) is 64.7 Å². The molecule has 1 amide bonds. The van der Waals surface area contributed by atoms with Crippen LogP contribution in [-0.2, 0) is 28.8 Å². The molecule has 0 spiro atoms. The lowest BCUT2D eigenvalue weighted by Crippen LogP contribution is -2.49. The maximum Gasteiger partial charge on any atom is 0.416 e. The molecule has 3 heterocycles. The molecule has 3 aromatic carbocycles. The molecule has 2 N–H and O–H groups in total. The molecule has 2 atom stereocenters. The Kier molecular flexibility index (Phi) is 9.78. The van der Waals surface area contributed by atoms with Crippen molar-refractivity contribution in [3.05, 3.63) is 121 Å². The van der Waals surface area contributed by atoms with Gasteiger partial charge >= 0.3 is 12.1 Å². The number of ether oxygens (including phenoxy) is 1. The molecule has 1 fully saturated rings. The van der Waals surface area contributed by atoms with Crippen LogP contribution in [0.1, 0.15) is 63.0 Å². The minimum absolute atomic E-state index is 0.00526. The van der Waals surface area contributed by atoms with Crippen LogP contribution in [0.2, 0.25) is 0 Å². The van der Waals surface area contributed by atoms with E-state index in [-0.39, 0.29) is 54.9 Å². The SMILES string of the molecule is Cc1ccc2cc1[C@H](n1cc(CCN3CC(F)C3)c(C(F)(F)F)cc1=O)C(=O)N[C@@H](CC(=O)O)c1cc(cc(C)c1F)-c1c(C)cccc1OC2. The first-order valence-corrected chi connectivity index (χ1v) is 16.4. The fourth-order valence-corrected chi connectivity index (χ4v) is 6.87. The normalized spacial score (nSPS) is 18.2. The zero-order valence-electron chi connectivity index (χ0n) is 28.1. The summed E-state index contributed by atoms with van der Waals surface area (Å²) in [5.41, 5.74) is 0.752. The molecule has 2 aliphatic rings. The summed E-state index contributed by atoms with van der Waals surface area (Å²) in [6.45, 7) is 5.27. The van der Waals surface area contributed by atoms with E-state index in [1.165, 1.54) is 13.0 Å². The second-order valence-electron chi connectivity index (χ2n) is 13.2. The predicted octanol–water partition coefficient (Wildman–Crippen LogP) is 6.61. The number of aromatic nitrogens is 1. The molecule has 0 aliphatic carbocycles. The number of hydrogen-bond donors (Lipinski definition) is 2.